The largest absolute Gasteiger partial charge is 0.460 e. The molecule has 32 atom stereocenters. The van der Waals surface area contributed by atoms with E-state index in [4.69, 9.17) is 52.1 Å². The number of allylic oxidation sites excluding steroid dienone is 1. The van der Waals surface area contributed by atoms with Gasteiger partial charge in [0.1, 0.15) is 110 Å². The smallest absolute Gasteiger partial charge is 0.330 e. The molecule has 0 radical (unpaired) electrons. The molecule has 0 spiro atoms. The van der Waals surface area contributed by atoms with E-state index in [0.717, 1.165) is 6.08 Å². The number of rotatable bonds is 17. The number of aliphatic hydroxyl groups excluding tert-OH is 17. The molecule has 5 saturated heterocycles. The summed E-state index contributed by atoms with van der Waals surface area (Å²) in [5.74, 6) is -2.32. The zero-order chi connectivity index (χ0) is 56.4. The predicted octanol–water partition coefficient (Wildman–Crippen LogP) is -8.75. The van der Waals surface area contributed by atoms with Crippen LogP contribution in [0.2, 0.25) is 0 Å². The maximum Gasteiger partial charge on any atom is 0.330 e. The summed E-state index contributed by atoms with van der Waals surface area (Å²) in [5, 5.41) is 181. The van der Waals surface area contributed by atoms with Crippen molar-refractivity contribution in [1.29, 1.82) is 0 Å². The van der Waals surface area contributed by atoms with Gasteiger partial charge in [0, 0.05) is 31.9 Å². The highest BCUT2D eigenvalue weighted by Gasteiger charge is 2.58. The molecule has 450 valence electrons. The number of hydrogen-bond donors (Lipinski definition) is 17. The summed E-state index contributed by atoms with van der Waals surface area (Å²) in [6.45, 7) is -2.95. The quantitative estimate of drug-likeness (QED) is 0.0365. The highest BCUT2D eigenvalue weighted by atomic mass is 16.8. The summed E-state index contributed by atoms with van der Waals surface area (Å²) < 4.78 is 64.2. The Morgan fingerprint density at radius 1 is 0.500 bits per heavy atom. The number of fused-ring (bicyclic) bond motifs is 1. The SMILES string of the molecule is COC1CC(C2[OH+]C3CC(O)CC(OC4OC(CO)C(O)C(O)C4O)C3CC2OC2OC(COC(=O)C=CC3CCC(OC4OC(CO)C(O)C(O)C4O)C(O)C3)C(O)C(O)C2OC2OC(CO)C(O)C(O)C2O)CCC1O. The molecule has 0 amide bonds. The first-order chi connectivity index (χ1) is 37.2. The summed E-state index contributed by atoms with van der Waals surface area (Å²) >= 11 is 0. The van der Waals surface area contributed by atoms with E-state index in [2.05, 4.69) is 0 Å². The van der Waals surface area contributed by atoms with Crippen LogP contribution in [-0.2, 0) is 52.2 Å². The fraction of sp³-hybridized carbons (Fsp3) is 0.939. The van der Waals surface area contributed by atoms with Crippen LogP contribution in [-0.4, -0.2) is 309 Å². The van der Waals surface area contributed by atoms with Crippen molar-refractivity contribution in [2.24, 2.45) is 17.8 Å². The van der Waals surface area contributed by atoms with Crippen LogP contribution in [0.5, 0.6) is 0 Å². The lowest BCUT2D eigenvalue weighted by atomic mass is 9.72. The summed E-state index contributed by atoms with van der Waals surface area (Å²) in [6.07, 6.45) is -37.4. The van der Waals surface area contributed by atoms with Crippen molar-refractivity contribution in [3.8, 4) is 0 Å². The minimum atomic E-state index is -2.00. The Hall–Kier alpha value is -1.87. The molecule has 5 aliphatic heterocycles. The van der Waals surface area contributed by atoms with Crippen LogP contribution in [0.1, 0.15) is 57.8 Å². The van der Waals surface area contributed by atoms with E-state index in [1.807, 2.05) is 0 Å². The van der Waals surface area contributed by atoms with Crippen molar-refractivity contribution < 1.29 is 144 Å². The van der Waals surface area contributed by atoms with Gasteiger partial charge in [-0.2, -0.15) is 0 Å². The third-order valence-electron chi connectivity index (χ3n) is 16.9. The van der Waals surface area contributed by atoms with Crippen molar-refractivity contribution in [2.45, 2.75) is 236 Å². The molecule has 29 nitrogen and oxygen atoms in total. The molecule has 8 rings (SSSR count). The van der Waals surface area contributed by atoms with Crippen LogP contribution in [0.3, 0.4) is 0 Å². The molecule has 18 N–H and O–H groups in total. The zero-order valence-corrected chi connectivity index (χ0v) is 42.9. The van der Waals surface area contributed by atoms with Gasteiger partial charge in [-0.05, 0) is 50.9 Å². The lowest BCUT2D eigenvalue weighted by Gasteiger charge is -2.51. The van der Waals surface area contributed by atoms with Gasteiger partial charge in [-0.1, -0.05) is 6.08 Å². The van der Waals surface area contributed by atoms with Crippen molar-refractivity contribution in [3.05, 3.63) is 12.2 Å². The summed E-state index contributed by atoms with van der Waals surface area (Å²) in [4.78, 5) is 13.3. The molecule has 3 saturated carbocycles. The molecule has 32 unspecified atom stereocenters. The topological polar surface area (TPSA) is 466 Å². The Morgan fingerprint density at radius 3 is 1.58 bits per heavy atom. The summed E-state index contributed by atoms with van der Waals surface area (Å²) in [7, 11) is 1.45. The number of hydrogen-bond acceptors (Lipinski definition) is 28. The number of aliphatic hydroxyl groups is 19. The number of methoxy groups -OCH3 is 1. The molecule has 3 aliphatic carbocycles. The maximum absolute atomic E-state index is 13.3. The minimum Gasteiger partial charge on any atom is -0.460 e. The molecule has 29 heteroatoms. The highest BCUT2D eigenvalue weighted by molar-refractivity contribution is 5.81. The van der Waals surface area contributed by atoms with Gasteiger partial charge in [0.15, 0.2) is 37.4 Å². The Balaban J connectivity index is 0.999. The van der Waals surface area contributed by atoms with Crippen LogP contribution < -0.4 is 0 Å². The van der Waals surface area contributed by atoms with Gasteiger partial charge < -0.3 is 139 Å². The number of carbonyl (C=O) groups is 1. The van der Waals surface area contributed by atoms with Crippen molar-refractivity contribution in [1.82, 2.24) is 0 Å². The average molecular weight is 1130 g/mol. The molecule has 8 aliphatic rings. The molecular formula is C49H81O29+. The van der Waals surface area contributed by atoms with Gasteiger partial charge in [0.2, 0.25) is 0 Å². The van der Waals surface area contributed by atoms with Crippen LogP contribution in [0.4, 0.5) is 0 Å². The molecule has 78 heavy (non-hydrogen) atoms. The molecule has 5 heterocycles. The van der Waals surface area contributed by atoms with Crippen LogP contribution in [0, 0.1) is 17.8 Å². The van der Waals surface area contributed by atoms with Crippen molar-refractivity contribution >= 4 is 5.97 Å². The fourth-order valence-corrected chi connectivity index (χ4v) is 12.3. The monoisotopic (exact) mass is 1130 g/mol. The lowest BCUT2D eigenvalue weighted by Crippen LogP contribution is -2.66. The second-order valence-electron chi connectivity index (χ2n) is 22.0. The van der Waals surface area contributed by atoms with Crippen LogP contribution in [0.15, 0.2) is 12.2 Å². The van der Waals surface area contributed by atoms with E-state index < -0.39 is 222 Å². The maximum atomic E-state index is 13.3. The second kappa shape index (κ2) is 27.2. The number of esters is 1. The van der Waals surface area contributed by atoms with Crippen molar-refractivity contribution in [3.63, 3.8) is 0 Å². The highest BCUT2D eigenvalue weighted by Crippen LogP contribution is 2.45. The van der Waals surface area contributed by atoms with Gasteiger partial charge in [-0.25, -0.2) is 4.79 Å². The second-order valence-corrected chi connectivity index (χ2v) is 22.0. The van der Waals surface area contributed by atoms with E-state index in [-0.39, 0.29) is 44.4 Å². The van der Waals surface area contributed by atoms with E-state index in [1.165, 1.54) is 13.2 Å². The molecule has 0 bridgehead atoms. The Morgan fingerprint density at radius 2 is 1.03 bits per heavy atom. The van der Waals surface area contributed by atoms with Gasteiger partial charge in [0.05, 0.1) is 62.4 Å². The van der Waals surface area contributed by atoms with Gasteiger partial charge >= 0.3 is 5.97 Å². The third-order valence-corrected chi connectivity index (χ3v) is 16.9. The average Bonchev–Trinajstić information content (AvgIpc) is 3.44. The first-order valence-electron chi connectivity index (χ1n) is 26.8. The normalized spacial score (nSPS) is 51.5. The van der Waals surface area contributed by atoms with Gasteiger partial charge in [0.25, 0.3) is 0 Å². The molecule has 0 aromatic rings. The summed E-state index contributed by atoms with van der Waals surface area (Å²) in [5.41, 5.74) is 0. The van der Waals surface area contributed by atoms with E-state index >= 15 is 0 Å². The number of ether oxygens (including phenoxy) is 11. The first kappa shape index (κ1) is 62.2. The van der Waals surface area contributed by atoms with Gasteiger partial charge in [-0.3, -0.25) is 0 Å². The Bertz CT molecular complexity index is 1900. The van der Waals surface area contributed by atoms with E-state index in [1.54, 1.807) is 0 Å². The molecule has 0 aromatic heterocycles. The Kier molecular flexibility index (Phi) is 21.7. The van der Waals surface area contributed by atoms with Crippen LogP contribution in [0.25, 0.3) is 0 Å². The zero-order valence-electron chi connectivity index (χ0n) is 42.9. The van der Waals surface area contributed by atoms with Crippen LogP contribution >= 0.6 is 0 Å². The van der Waals surface area contributed by atoms with E-state index in [0.29, 0.717) is 19.3 Å². The molecule has 0 aromatic carbocycles. The third kappa shape index (κ3) is 13.7. The molecule has 8 fully saturated rings. The fourth-order valence-electron chi connectivity index (χ4n) is 12.3. The first-order valence-corrected chi connectivity index (χ1v) is 26.8. The van der Waals surface area contributed by atoms with Crippen molar-refractivity contribution in [2.75, 3.05) is 33.5 Å². The lowest BCUT2D eigenvalue weighted by molar-refractivity contribution is -0.390. The number of carbonyl (C=O) groups excluding carboxylic acids is 1. The Labute approximate surface area is 447 Å². The molecular weight excluding hydrogens is 1050 g/mol. The van der Waals surface area contributed by atoms with E-state index in [9.17, 15) is 91.6 Å². The predicted molar refractivity (Wildman–Crippen MR) is 252 cm³/mol. The standard InChI is InChI=1S/C49H80O29/c1-68-26-9-18(4-5-21(26)54)44-27(12-20-24(70-44)10-19(53)11-25(20)72-47-42(66)38(62)34(58)29(14-51)75-47)73-49-45(78-48-43(67)39(63)35(59)30(15-52)76-48)40(64)36(60)31(77-49)16-69-32(56)7-3-17-2-6-23(22(55)8-17)71-46-41(65)37(61)33(57)28(13-50)74-46/h3,7,17-31,33-55,57-67H,2,4-6,8-16H2,1H3/p+1. The van der Waals surface area contributed by atoms with Gasteiger partial charge in [-0.15, -0.1) is 0 Å². The minimum absolute atomic E-state index is 0.0260. The summed E-state index contributed by atoms with van der Waals surface area (Å²) in [6, 6.07) is 0.